The fourth-order valence-corrected chi connectivity index (χ4v) is 3.99. The highest BCUT2D eigenvalue weighted by Crippen LogP contribution is 2.32. The lowest BCUT2D eigenvalue weighted by Gasteiger charge is -2.31. The van der Waals surface area contributed by atoms with E-state index in [2.05, 4.69) is 4.98 Å². The summed E-state index contributed by atoms with van der Waals surface area (Å²) < 4.78 is 0. The maximum Gasteiger partial charge on any atom is 0.232 e. The lowest BCUT2D eigenvalue weighted by atomic mass is 9.99. The molecule has 134 valence electrons. The number of benzene rings is 1. The number of halogens is 1. The second kappa shape index (κ2) is 7.08. The Morgan fingerprint density at radius 1 is 1.27 bits per heavy atom. The van der Waals surface area contributed by atoms with E-state index in [9.17, 15) is 9.59 Å². The van der Waals surface area contributed by atoms with Crippen molar-refractivity contribution in [3.8, 4) is 0 Å². The zero-order chi connectivity index (χ0) is 18.1. The summed E-state index contributed by atoms with van der Waals surface area (Å²) in [6.45, 7) is 1.60. The average molecular weight is 370 g/mol. The van der Waals surface area contributed by atoms with E-state index in [-0.39, 0.29) is 24.2 Å². The van der Waals surface area contributed by atoms with Crippen LogP contribution in [0.4, 0.5) is 5.69 Å². The largest absolute Gasteiger partial charge is 0.336 e. The molecule has 2 aliphatic heterocycles. The lowest BCUT2D eigenvalue weighted by molar-refractivity contribution is -0.129. The minimum absolute atomic E-state index is 0.0161. The lowest BCUT2D eigenvalue weighted by Crippen LogP contribution is -2.40. The zero-order valence-electron chi connectivity index (χ0n) is 14.4. The number of hydrogen-bond acceptors (Lipinski definition) is 3. The van der Waals surface area contributed by atoms with E-state index >= 15 is 0 Å². The Hall–Kier alpha value is -2.40. The molecule has 5 nitrogen and oxygen atoms in total. The topological polar surface area (TPSA) is 53.5 Å². The van der Waals surface area contributed by atoms with E-state index in [1.165, 1.54) is 0 Å². The van der Waals surface area contributed by atoms with Gasteiger partial charge < -0.3 is 9.80 Å². The number of fused-ring (bicyclic) bond motifs is 1. The molecule has 1 saturated heterocycles. The molecule has 1 atom stereocenters. The Morgan fingerprint density at radius 3 is 2.96 bits per heavy atom. The van der Waals surface area contributed by atoms with E-state index in [1.807, 2.05) is 41.3 Å². The number of carbonyl (C=O) groups excluding carboxylic acids is 2. The minimum Gasteiger partial charge on any atom is -0.336 e. The van der Waals surface area contributed by atoms with Crippen molar-refractivity contribution in [2.24, 2.45) is 5.92 Å². The van der Waals surface area contributed by atoms with Crippen molar-refractivity contribution in [1.29, 1.82) is 0 Å². The third-order valence-corrected chi connectivity index (χ3v) is 5.30. The van der Waals surface area contributed by atoms with E-state index in [0.717, 1.165) is 29.8 Å². The Kier molecular flexibility index (Phi) is 4.64. The Balaban J connectivity index is 1.49. The Bertz CT molecular complexity index is 840. The van der Waals surface area contributed by atoms with Gasteiger partial charge in [0.05, 0.1) is 18.2 Å². The number of nitrogens with zero attached hydrogens (tertiary/aromatic N) is 3. The van der Waals surface area contributed by atoms with Gasteiger partial charge in [0.25, 0.3) is 0 Å². The van der Waals surface area contributed by atoms with Crippen LogP contribution in [0.2, 0.25) is 5.02 Å². The van der Waals surface area contributed by atoms with Crippen molar-refractivity contribution in [3.05, 3.63) is 58.9 Å². The number of carbonyl (C=O) groups is 2. The summed E-state index contributed by atoms with van der Waals surface area (Å²) in [7, 11) is 0. The average Bonchev–Trinajstić information content (AvgIpc) is 3.02. The van der Waals surface area contributed by atoms with Crippen molar-refractivity contribution in [3.63, 3.8) is 0 Å². The molecule has 2 amide bonds. The number of pyridine rings is 1. The normalized spacial score (nSPS) is 19.6. The minimum atomic E-state index is -0.298. The highest BCUT2D eigenvalue weighted by Gasteiger charge is 2.38. The standard InChI is InChI=1S/C20H20ClN3O2/c21-16-6-7-18-14(10-16)4-3-9-24(18)20(26)15-11-19(25)23(12-15)13-17-5-1-2-8-22-17/h1-2,5-8,10,15H,3-4,9,11-13H2. The van der Waals surface area contributed by atoms with Crippen molar-refractivity contribution in [1.82, 2.24) is 9.88 Å². The maximum atomic E-state index is 13.1. The fourth-order valence-electron chi connectivity index (χ4n) is 3.79. The summed E-state index contributed by atoms with van der Waals surface area (Å²) in [6, 6.07) is 11.3. The van der Waals surface area contributed by atoms with E-state index in [4.69, 9.17) is 11.6 Å². The summed E-state index contributed by atoms with van der Waals surface area (Å²) >= 11 is 6.09. The number of likely N-dealkylation sites (tertiary alicyclic amines) is 1. The summed E-state index contributed by atoms with van der Waals surface area (Å²) in [4.78, 5) is 33.3. The number of rotatable bonds is 3. The fraction of sp³-hybridized carbons (Fsp3) is 0.350. The van der Waals surface area contributed by atoms with Crippen molar-refractivity contribution in [2.45, 2.75) is 25.8 Å². The molecule has 0 bridgehead atoms. The molecule has 1 unspecified atom stereocenters. The highest BCUT2D eigenvalue weighted by molar-refractivity contribution is 6.30. The van der Waals surface area contributed by atoms with Crippen LogP contribution >= 0.6 is 11.6 Å². The van der Waals surface area contributed by atoms with Gasteiger partial charge in [-0.25, -0.2) is 0 Å². The number of hydrogen-bond donors (Lipinski definition) is 0. The van der Waals surface area contributed by atoms with Crippen molar-refractivity contribution < 1.29 is 9.59 Å². The monoisotopic (exact) mass is 369 g/mol. The smallest absolute Gasteiger partial charge is 0.232 e. The first-order valence-electron chi connectivity index (χ1n) is 8.89. The molecule has 1 fully saturated rings. The summed E-state index contributed by atoms with van der Waals surface area (Å²) in [5.41, 5.74) is 2.87. The third-order valence-electron chi connectivity index (χ3n) is 5.07. The molecule has 0 aliphatic carbocycles. The maximum absolute atomic E-state index is 13.1. The van der Waals surface area contributed by atoms with Crippen LogP contribution in [0.3, 0.4) is 0 Å². The Morgan fingerprint density at radius 2 is 2.15 bits per heavy atom. The summed E-state index contributed by atoms with van der Waals surface area (Å²) in [5.74, 6) is -0.250. The van der Waals surface area contributed by atoms with Gasteiger partial charge in [0.2, 0.25) is 11.8 Å². The SMILES string of the molecule is O=C1CC(C(=O)N2CCCc3cc(Cl)ccc32)CN1Cc1ccccn1. The predicted molar refractivity (Wildman–Crippen MR) is 99.9 cm³/mol. The van der Waals surface area contributed by atoms with Crippen LogP contribution in [0.1, 0.15) is 24.1 Å². The van der Waals surface area contributed by atoms with Crippen LogP contribution in [0.25, 0.3) is 0 Å². The van der Waals surface area contributed by atoms with E-state index in [0.29, 0.717) is 24.7 Å². The second-order valence-corrected chi connectivity index (χ2v) is 7.30. The first kappa shape index (κ1) is 17.0. The highest BCUT2D eigenvalue weighted by atomic mass is 35.5. The van der Waals surface area contributed by atoms with E-state index < -0.39 is 0 Å². The molecule has 0 spiro atoms. The first-order chi connectivity index (χ1) is 12.6. The molecule has 2 aromatic rings. The molecule has 4 rings (SSSR count). The predicted octanol–water partition coefficient (Wildman–Crippen LogP) is 3.06. The first-order valence-corrected chi connectivity index (χ1v) is 9.27. The molecular formula is C20H20ClN3O2. The van der Waals surface area contributed by atoms with Crippen LogP contribution in [-0.2, 0) is 22.6 Å². The molecule has 0 N–H and O–H groups in total. The van der Waals surface area contributed by atoms with Crippen molar-refractivity contribution >= 4 is 29.1 Å². The molecule has 6 heteroatoms. The summed E-state index contributed by atoms with van der Waals surface area (Å²) in [5, 5.41) is 0.690. The number of aryl methyl sites for hydroxylation is 1. The van der Waals surface area contributed by atoms with Gasteiger partial charge in [-0.1, -0.05) is 17.7 Å². The van der Waals surface area contributed by atoms with Crippen LogP contribution in [0.15, 0.2) is 42.6 Å². The zero-order valence-corrected chi connectivity index (χ0v) is 15.2. The van der Waals surface area contributed by atoms with Crippen LogP contribution < -0.4 is 4.90 Å². The molecule has 1 aromatic heterocycles. The number of anilines is 1. The third kappa shape index (κ3) is 3.31. The molecule has 0 saturated carbocycles. The molecule has 2 aliphatic rings. The number of aromatic nitrogens is 1. The van der Waals surface area contributed by atoms with Gasteiger partial charge >= 0.3 is 0 Å². The van der Waals surface area contributed by atoms with Crippen LogP contribution in [0.5, 0.6) is 0 Å². The molecule has 0 radical (unpaired) electrons. The van der Waals surface area contributed by atoms with Crippen LogP contribution in [0, 0.1) is 5.92 Å². The second-order valence-electron chi connectivity index (χ2n) is 6.86. The Labute approximate surface area is 157 Å². The molecule has 3 heterocycles. The van der Waals surface area contributed by atoms with Gasteiger partial charge in [0.1, 0.15) is 0 Å². The number of amides is 2. The molecular weight excluding hydrogens is 350 g/mol. The van der Waals surface area contributed by atoms with E-state index in [1.54, 1.807) is 11.1 Å². The summed E-state index contributed by atoms with van der Waals surface area (Å²) in [6.07, 6.45) is 3.83. The molecule has 26 heavy (non-hydrogen) atoms. The quantitative estimate of drug-likeness (QED) is 0.835. The van der Waals surface area contributed by atoms with Gasteiger partial charge in [0.15, 0.2) is 0 Å². The van der Waals surface area contributed by atoms with Gasteiger partial charge in [-0.15, -0.1) is 0 Å². The molecule has 1 aromatic carbocycles. The van der Waals surface area contributed by atoms with Crippen molar-refractivity contribution in [2.75, 3.05) is 18.0 Å². The van der Waals surface area contributed by atoms with Gasteiger partial charge in [-0.05, 0) is 48.7 Å². The van der Waals surface area contributed by atoms with Gasteiger partial charge in [0, 0.05) is 36.4 Å². The van der Waals surface area contributed by atoms with Gasteiger partial charge in [-0.2, -0.15) is 0 Å². The van der Waals surface area contributed by atoms with Crippen LogP contribution in [-0.4, -0.2) is 34.8 Å². The van der Waals surface area contributed by atoms with Gasteiger partial charge in [-0.3, -0.25) is 14.6 Å².